The summed E-state index contributed by atoms with van der Waals surface area (Å²) < 4.78 is 0. The second kappa shape index (κ2) is 7.28. The van der Waals surface area contributed by atoms with Gasteiger partial charge in [0, 0.05) is 22.2 Å². The normalized spacial score (nSPS) is 12.1. The van der Waals surface area contributed by atoms with Crippen LogP contribution in [0.4, 0.5) is 0 Å². The molecule has 1 aromatic heterocycles. The minimum atomic E-state index is 0.153. The number of hydrogen-bond acceptors (Lipinski definition) is 1. The van der Waals surface area contributed by atoms with Crippen LogP contribution >= 0.6 is 0 Å². The van der Waals surface area contributed by atoms with Crippen LogP contribution < -0.4 is 5.73 Å². The van der Waals surface area contributed by atoms with Crippen LogP contribution in [0.1, 0.15) is 55.9 Å². The zero-order chi connectivity index (χ0) is 18.9. The number of benzene rings is 2. The van der Waals surface area contributed by atoms with Crippen molar-refractivity contribution in [1.29, 1.82) is 0 Å². The molecule has 0 aliphatic rings. The first-order chi connectivity index (χ1) is 12.3. The largest absolute Gasteiger partial charge is 0.354 e. The average molecular weight is 349 g/mol. The lowest BCUT2D eigenvalue weighted by Gasteiger charge is -2.19. The number of fused-ring (bicyclic) bond motifs is 1. The lowest BCUT2D eigenvalue weighted by Crippen LogP contribution is -2.10. The predicted molar refractivity (Wildman–Crippen MR) is 114 cm³/mol. The molecular weight excluding hydrogens is 316 g/mol. The number of rotatable bonds is 5. The standard InChI is InChI=1S/C24H32N2/c1-16-9-11-19(17(2)14-16)23-20(8-6-7-13-25)21-15-18(24(3,4)5)10-12-22(21)26-23/h9-12,14-15,26H,6-8,13,25H2,1-5H3. The van der Waals surface area contributed by atoms with Crippen LogP contribution in [0.25, 0.3) is 22.2 Å². The highest BCUT2D eigenvalue weighted by Gasteiger charge is 2.18. The van der Waals surface area contributed by atoms with Gasteiger partial charge >= 0.3 is 0 Å². The smallest absolute Gasteiger partial charge is 0.0500 e. The lowest BCUT2D eigenvalue weighted by molar-refractivity contribution is 0.591. The zero-order valence-corrected chi connectivity index (χ0v) is 16.9. The van der Waals surface area contributed by atoms with Gasteiger partial charge in [0.25, 0.3) is 0 Å². The second-order valence-corrected chi connectivity index (χ2v) is 8.55. The molecule has 3 aromatic rings. The van der Waals surface area contributed by atoms with Crippen molar-refractivity contribution in [2.45, 2.75) is 59.3 Å². The summed E-state index contributed by atoms with van der Waals surface area (Å²) in [7, 11) is 0. The van der Waals surface area contributed by atoms with E-state index >= 15 is 0 Å². The number of aromatic amines is 1. The molecule has 2 nitrogen and oxygen atoms in total. The maximum atomic E-state index is 5.74. The summed E-state index contributed by atoms with van der Waals surface area (Å²) in [5.41, 5.74) is 15.2. The first-order valence-electron chi connectivity index (χ1n) is 9.74. The minimum Gasteiger partial charge on any atom is -0.354 e. The van der Waals surface area contributed by atoms with Gasteiger partial charge in [-0.1, -0.05) is 50.6 Å². The first-order valence-corrected chi connectivity index (χ1v) is 9.74. The van der Waals surface area contributed by atoms with E-state index < -0.39 is 0 Å². The van der Waals surface area contributed by atoms with Crippen LogP contribution in [0.2, 0.25) is 0 Å². The number of aromatic nitrogens is 1. The maximum absolute atomic E-state index is 5.74. The third-order valence-electron chi connectivity index (χ3n) is 5.30. The Labute approximate surface area is 157 Å². The molecule has 2 aromatic carbocycles. The number of nitrogens with one attached hydrogen (secondary N) is 1. The topological polar surface area (TPSA) is 41.8 Å². The molecule has 1 heterocycles. The van der Waals surface area contributed by atoms with Gasteiger partial charge in [0.1, 0.15) is 0 Å². The van der Waals surface area contributed by atoms with E-state index in [9.17, 15) is 0 Å². The van der Waals surface area contributed by atoms with Crippen molar-refractivity contribution in [2.75, 3.05) is 6.54 Å². The van der Waals surface area contributed by atoms with E-state index in [0.717, 1.165) is 25.8 Å². The Bertz CT molecular complexity index is 910. The molecule has 26 heavy (non-hydrogen) atoms. The number of unbranched alkanes of at least 4 members (excludes halogenated alkanes) is 1. The highest BCUT2D eigenvalue weighted by Crippen LogP contribution is 2.36. The minimum absolute atomic E-state index is 0.153. The fraction of sp³-hybridized carbons (Fsp3) is 0.417. The molecule has 2 heteroatoms. The molecular formula is C24H32N2. The van der Waals surface area contributed by atoms with Crippen LogP contribution in [0.15, 0.2) is 36.4 Å². The summed E-state index contributed by atoms with van der Waals surface area (Å²) in [5, 5.41) is 1.37. The van der Waals surface area contributed by atoms with E-state index in [0.29, 0.717) is 0 Å². The lowest BCUT2D eigenvalue weighted by atomic mass is 9.86. The van der Waals surface area contributed by atoms with Crippen LogP contribution in [0.5, 0.6) is 0 Å². The van der Waals surface area contributed by atoms with Crippen molar-refractivity contribution in [3.05, 3.63) is 58.7 Å². The van der Waals surface area contributed by atoms with Crippen molar-refractivity contribution in [2.24, 2.45) is 5.73 Å². The quantitative estimate of drug-likeness (QED) is 0.543. The van der Waals surface area contributed by atoms with Gasteiger partial charge in [-0.2, -0.15) is 0 Å². The molecule has 138 valence electrons. The van der Waals surface area contributed by atoms with E-state index in [1.165, 1.54) is 44.4 Å². The Morgan fingerprint density at radius 2 is 1.73 bits per heavy atom. The molecule has 0 unspecified atom stereocenters. The molecule has 0 radical (unpaired) electrons. The van der Waals surface area contributed by atoms with Crippen LogP contribution in [-0.2, 0) is 11.8 Å². The monoisotopic (exact) mass is 348 g/mol. The van der Waals surface area contributed by atoms with Gasteiger partial charge in [-0.15, -0.1) is 0 Å². The van der Waals surface area contributed by atoms with E-state index in [4.69, 9.17) is 5.73 Å². The summed E-state index contributed by atoms with van der Waals surface area (Å²) in [6.07, 6.45) is 3.26. The van der Waals surface area contributed by atoms with Crippen LogP contribution in [0.3, 0.4) is 0 Å². The van der Waals surface area contributed by atoms with Gasteiger partial charge in [-0.25, -0.2) is 0 Å². The second-order valence-electron chi connectivity index (χ2n) is 8.55. The first kappa shape index (κ1) is 18.7. The Hall–Kier alpha value is -2.06. The molecule has 0 saturated heterocycles. The Morgan fingerprint density at radius 3 is 2.38 bits per heavy atom. The Kier molecular flexibility index (Phi) is 5.24. The summed E-state index contributed by atoms with van der Waals surface area (Å²) in [4.78, 5) is 3.72. The molecule has 0 spiro atoms. The molecule has 3 N–H and O–H groups in total. The van der Waals surface area contributed by atoms with Crippen molar-refractivity contribution in [3.8, 4) is 11.3 Å². The summed E-state index contributed by atoms with van der Waals surface area (Å²) >= 11 is 0. The Morgan fingerprint density at radius 1 is 0.962 bits per heavy atom. The Balaban J connectivity index is 2.19. The molecule has 0 aliphatic carbocycles. The number of aryl methyl sites for hydroxylation is 3. The number of hydrogen-bond donors (Lipinski definition) is 2. The van der Waals surface area contributed by atoms with Crippen molar-refractivity contribution in [1.82, 2.24) is 4.98 Å². The van der Waals surface area contributed by atoms with Gasteiger partial charge in [0.2, 0.25) is 0 Å². The molecule has 0 bridgehead atoms. The summed E-state index contributed by atoms with van der Waals surface area (Å²) in [5.74, 6) is 0. The van der Waals surface area contributed by atoms with E-state index in [1.54, 1.807) is 0 Å². The molecule has 3 rings (SSSR count). The fourth-order valence-corrected chi connectivity index (χ4v) is 3.74. The molecule has 0 atom stereocenters. The number of nitrogens with two attached hydrogens (primary N) is 1. The highest BCUT2D eigenvalue weighted by molar-refractivity contribution is 5.92. The van der Waals surface area contributed by atoms with E-state index in [2.05, 4.69) is 76.0 Å². The summed E-state index contributed by atoms with van der Waals surface area (Å²) in [6, 6.07) is 13.6. The summed E-state index contributed by atoms with van der Waals surface area (Å²) in [6.45, 7) is 12.0. The molecule has 0 amide bonds. The predicted octanol–water partition coefficient (Wildman–Crippen LogP) is 6.03. The highest BCUT2D eigenvalue weighted by atomic mass is 14.7. The van der Waals surface area contributed by atoms with Crippen molar-refractivity contribution < 1.29 is 0 Å². The maximum Gasteiger partial charge on any atom is 0.0500 e. The van der Waals surface area contributed by atoms with Crippen molar-refractivity contribution >= 4 is 10.9 Å². The van der Waals surface area contributed by atoms with E-state index in [-0.39, 0.29) is 5.41 Å². The van der Waals surface area contributed by atoms with Gasteiger partial charge in [0.15, 0.2) is 0 Å². The zero-order valence-electron chi connectivity index (χ0n) is 16.9. The van der Waals surface area contributed by atoms with Crippen molar-refractivity contribution in [3.63, 3.8) is 0 Å². The molecule has 0 fully saturated rings. The molecule has 0 aliphatic heterocycles. The SMILES string of the molecule is Cc1ccc(-c2[nH]c3ccc(C(C)(C)C)cc3c2CCCCN)c(C)c1. The molecule has 0 saturated carbocycles. The van der Waals surface area contributed by atoms with E-state index in [1.807, 2.05) is 0 Å². The van der Waals surface area contributed by atoms with Gasteiger partial charge in [-0.05, 0) is 73.9 Å². The van der Waals surface area contributed by atoms with Crippen LogP contribution in [-0.4, -0.2) is 11.5 Å². The van der Waals surface area contributed by atoms with Gasteiger partial charge in [-0.3, -0.25) is 0 Å². The van der Waals surface area contributed by atoms with Gasteiger partial charge in [0.05, 0.1) is 0 Å². The fourth-order valence-electron chi connectivity index (χ4n) is 3.74. The third kappa shape index (κ3) is 3.71. The van der Waals surface area contributed by atoms with Crippen LogP contribution in [0, 0.1) is 13.8 Å². The third-order valence-corrected chi connectivity index (χ3v) is 5.30. The average Bonchev–Trinajstić information content (AvgIpc) is 2.92. The van der Waals surface area contributed by atoms with Gasteiger partial charge < -0.3 is 10.7 Å². The number of H-pyrrole nitrogens is 1.